The molecule has 1 aromatic carbocycles. The van der Waals surface area contributed by atoms with Crippen LogP contribution < -0.4 is 16.4 Å². The van der Waals surface area contributed by atoms with Gasteiger partial charge in [0.1, 0.15) is 16.6 Å². The summed E-state index contributed by atoms with van der Waals surface area (Å²) in [6, 6.07) is 11.6. The molecular weight excluding hydrogens is 495 g/mol. The first-order valence-electron chi connectivity index (χ1n) is 11.9. The summed E-state index contributed by atoms with van der Waals surface area (Å²) in [7, 11) is 0. The van der Waals surface area contributed by atoms with Crippen LogP contribution in [0, 0.1) is 5.82 Å². The molecule has 0 aliphatic carbocycles. The van der Waals surface area contributed by atoms with Gasteiger partial charge in [0, 0.05) is 22.9 Å². The quantitative estimate of drug-likeness (QED) is 0.214. The fraction of sp³-hybridized carbons (Fsp3) is 0.308. The molecule has 3 aromatic heterocycles. The van der Waals surface area contributed by atoms with Gasteiger partial charge in [-0.3, -0.25) is 4.79 Å². The summed E-state index contributed by atoms with van der Waals surface area (Å²) in [6.07, 6.45) is -0.252. The number of aliphatic hydroxyl groups is 1. The molecule has 4 aromatic rings. The monoisotopic (exact) mass is 524 g/mol. The summed E-state index contributed by atoms with van der Waals surface area (Å²) in [5, 5.41) is 20.8. The molecule has 1 atom stereocenters. The number of amides is 1. The van der Waals surface area contributed by atoms with Gasteiger partial charge in [-0.1, -0.05) is 44.1 Å². The van der Waals surface area contributed by atoms with Gasteiger partial charge in [-0.15, -0.1) is 11.3 Å². The number of aliphatic hydroxyl groups excluding tert-OH is 1. The number of rotatable bonds is 11. The molecule has 0 radical (unpaired) electrons. The maximum atomic E-state index is 14.9. The average molecular weight is 525 g/mol. The summed E-state index contributed by atoms with van der Waals surface area (Å²) < 4.78 is 20.1. The van der Waals surface area contributed by atoms with Crippen molar-refractivity contribution in [2.24, 2.45) is 5.73 Å². The summed E-state index contributed by atoms with van der Waals surface area (Å²) in [6.45, 7) is 6.67. The van der Waals surface area contributed by atoms with E-state index in [1.54, 1.807) is 24.3 Å². The number of aromatic nitrogens is 3. The van der Waals surface area contributed by atoms with Crippen LogP contribution in [0.4, 0.5) is 15.2 Å². The largest absolute Gasteiger partial charge is 0.388 e. The van der Waals surface area contributed by atoms with Gasteiger partial charge in [-0.05, 0) is 36.2 Å². The minimum atomic E-state index is -0.734. The van der Waals surface area contributed by atoms with Gasteiger partial charge in [-0.25, -0.2) is 9.37 Å². The average Bonchev–Trinajstić information content (AvgIpc) is 3.51. The van der Waals surface area contributed by atoms with E-state index in [1.165, 1.54) is 17.4 Å². The van der Waals surface area contributed by atoms with Crippen LogP contribution in [0.15, 0.2) is 47.0 Å². The van der Waals surface area contributed by atoms with Gasteiger partial charge in [0.2, 0.25) is 5.89 Å². The summed E-state index contributed by atoms with van der Waals surface area (Å²) in [4.78, 5) is 21.6. The molecule has 0 spiro atoms. The number of pyridine rings is 1. The molecule has 0 saturated carbocycles. The Labute approximate surface area is 217 Å². The molecule has 3 heterocycles. The Morgan fingerprint density at radius 3 is 2.68 bits per heavy atom. The van der Waals surface area contributed by atoms with Crippen molar-refractivity contribution in [3.05, 3.63) is 76.8 Å². The molecule has 0 aliphatic rings. The van der Waals surface area contributed by atoms with Crippen molar-refractivity contribution in [3.63, 3.8) is 0 Å². The molecule has 5 N–H and O–H groups in total. The van der Waals surface area contributed by atoms with Crippen molar-refractivity contribution < 1.29 is 18.8 Å². The lowest BCUT2D eigenvalue weighted by Gasteiger charge is -2.09. The lowest BCUT2D eigenvalue weighted by Crippen LogP contribution is -2.14. The van der Waals surface area contributed by atoms with Gasteiger partial charge >= 0.3 is 0 Å². The van der Waals surface area contributed by atoms with E-state index >= 15 is 0 Å². The van der Waals surface area contributed by atoms with Crippen LogP contribution in [0.3, 0.4) is 0 Å². The Hall–Kier alpha value is -3.67. The Morgan fingerprint density at radius 1 is 1.19 bits per heavy atom. The van der Waals surface area contributed by atoms with E-state index in [4.69, 9.17) is 10.3 Å². The highest BCUT2D eigenvalue weighted by molar-refractivity contribution is 7.19. The minimum Gasteiger partial charge on any atom is -0.388 e. The fourth-order valence-corrected chi connectivity index (χ4v) is 4.71. The number of nitrogens with zero attached hydrogens (tertiary/aromatic N) is 3. The Kier molecular flexibility index (Phi) is 8.27. The molecule has 0 saturated heterocycles. The van der Waals surface area contributed by atoms with E-state index in [9.17, 15) is 14.3 Å². The summed E-state index contributed by atoms with van der Waals surface area (Å²) >= 11 is 1.20. The van der Waals surface area contributed by atoms with Crippen LogP contribution >= 0.6 is 11.3 Å². The van der Waals surface area contributed by atoms with Crippen LogP contribution in [-0.2, 0) is 13.1 Å². The van der Waals surface area contributed by atoms with Crippen LogP contribution in [0.25, 0.3) is 10.4 Å². The molecule has 0 bridgehead atoms. The third-order valence-corrected chi connectivity index (χ3v) is 6.74. The third-order valence-electron chi connectivity index (χ3n) is 5.66. The highest BCUT2D eigenvalue weighted by Gasteiger charge is 2.19. The number of carbonyl (C=O) groups excluding carboxylic acids is 1. The van der Waals surface area contributed by atoms with Crippen LogP contribution in [0.1, 0.15) is 72.5 Å². The van der Waals surface area contributed by atoms with Crippen molar-refractivity contribution in [1.82, 2.24) is 20.4 Å². The second kappa shape index (κ2) is 11.6. The SMILES string of the molecule is CCC(O)c1ccc(-c2cc(C(N)=O)c(Nc3cccc(CNCc4nc(C(C)C)no4)n3)s2)c(F)c1. The number of carbonyl (C=O) groups is 1. The highest BCUT2D eigenvalue weighted by atomic mass is 32.1. The molecule has 9 nitrogen and oxygen atoms in total. The predicted octanol–water partition coefficient (Wildman–Crippen LogP) is 5.03. The van der Waals surface area contributed by atoms with E-state index < -0.39 is 17.8 Å². The van der Waals surface area contributed by atoms with Crippen molar-refractivity contribution >= 4 is 28.1 Å². The molecule has 37 heavy (non-hydrogen) atoms. The number of hydrogen-bond acceptors (Lipinski definition) is 9. The molecule has 1 amide bonds. The minimum absolute atomic E-state index is 0.190. The predicted molar refractivity (Wildman–Crippen MR) is 140 cm³/mol. The van der Waals surface area contributed by atoms with Crippen molar-refractivity contribution in [1.29, 1.82) is 0 Å². The standard InChI is InChI=1S/C26H29FN6O3S/c1-4-20(34)15-8-9-17(19(27)10-15)21-11-18(24(28)35)26(37-21)31-22-7-5-6-16(30-22)12-29-13-23-32-25(14(2)3)33-36-23/h5-11,14,20,29,34H,4,12-13H2,1-3H3,(H2,28,35)(H,30,31). The van der Waals surface area contributed by atoms with Gasteiger partial charge in [-0.2, -0.15) is 4.98 Å². The topological polar surface area (TPSA) is 139 Å². The van der Waals surface area contributed by atoms with E-state index in [1.807, 2.05) is 32.9 Å². The zero-order valence-corrected chi connectivity index (χ0v) is 21.6. The number of thiophene rings is 1. The number of halogens is 1. The zero-order valence-electron chi connectivity index (χ0n) is 20.8. The summed E-state index contributed by atoms with van der Waals surface area (Å²) in [5.41, 5.74) is 7.41. The lowest BCUT2D eigenvalue weighted by molar-refractivity contribution is 0.100. The van der Waals surface area contributed by atoms with Crippen molar-refractivity contribution in [3.8, 4) is 10.4 Å². The first-order chi connectivity index (χ1) is 17.7. The molecule has 11 heteroatoms. The number of nitrogens with one attached hydrogen (secondary N) is 2. The molecule has 0 fully saturated rings. The first kappa shape index (κ1) is 26.4. The maximum absolute atomic E-state index is 14.9. The zero-order chi connectivity index (χ0) is 26.5. The molecule has 0 aliphatic heterocycles. The number of anilines is 2. The van der Waals surface area contributed by atoms with Gasteiger partial charge < -0.3 is 26.0 Å². The van der Waals surface area contributed by atoms with Crippen LogP contribution in [0.2, 0.25) is 0 Å². The van der Waals surface area contributed by atoms with Gasteiger partial charge in [0.15, 0.2) is 5.82 Å². The van der Waals surface area contributed by atoms with Crippen molar-refractivity contribution in [2.45, 2.75) is 52.3 Å². The third kappa shape index (κ3) is 6.37. The second-order valence-corrected chi connectivity index (χ2v) is 9.88. The lowest BCUT2D eigenvalue weighted by atomic mass is 10.0. The number of benzene rings is 1. The number of nitrogens with two attached hydrogens (primary N) is 1. The van der Waals surface area contributed by atoms with Crippen LogP contribution in [-0.4, -0.2) is 26.1 Å². The molecule has 194 valence electrons. The Balaban J connectivity index is 1.48. The van der Waals surface area contributed by atoms with E-state index in [2.05, 4.69) is 25.8 Å². The smallest absolute Gasteiger partial charge is 0.251 e. The second-order valence-electron chi connectivity index (χ2n) is 8.82. The summed E-state index contributed by atoms with van der Waals surface area (Å²) in [5.74, 6) is 0.742. The Morgan fingerprint density at radius 2 is 2.00 bits per heavy atom. The van der Waals surface area contributed by atoms with Crippen LogP contribution in [0.5, 0.6) is 0 Å². The fourth-order valence-electron chi connectivity index (χ4n) is 3.61. The van der Waals surface area contributed by atoms with E-state index in [-0.39, 0.29) is 11.5 Å². The number of primary amides is 1. The first-order valence-corrected chi connectivity index (χ1v) is 12.7. The van der Waals surface area contributed by atoms with Crippen molar-refractivity contribution in [2.75, 3.05) is 5.32 Å². The highest BCUT2D eigenvalue weighted by Crippen LogP contribution is 2.38. The molecule has 4 rings (SSSR count). The van der Waals surface area contributed by atoms with Gasteiger partial charge in [0.05, 0.1) is 23.9 Å². The maximum Gasteiger partial charge on any atom is 0.251 e. The molecule has 1 unspecified atom stereocenters. The normalized spacial score (nSPS) is 12.2. The molecular formula is C26H29FN6O3S. The van der Waals surface area contributed by atoms with E-state index in [0.717, 1.165) is 5.69 Å². The van der Waals surface area contributed by atoms with E-state index in [0.29, 0.717) is 58.0 Å². The number of hydrogen-bond donors (Lipinski definition) is 4. The Bertz CT molecular complexity index is 1390. The van der Waals surface area contributed by atoms with Gasteiger partial charge in [0.25, 0.3) is 5.91 Å².